The molecule has 0 amide bonds. The number of pyridine rings is 1. The molecule has 1 saturated heterocycles. The predicted octanol–water partition coefficient (Wildman–Crippen LogP) is 4.83. The molecule has 180 valence electrons. The second-order valence-electron chi connectivity index (χ2n) is 9.60. The van der Waals surface area contributed by atoms with Crippen molar-refractivity contribution in [3.63, 3.8) is 0 Å². The number of morpholine rings is 1. The number of rotatable bonds is 7. The van der Waals surface area contributed by atoms with Crippen LogP contribution in [0.2, 0.25) is 0 Å². The lowest BCUT2D eigenvalue weighted by Gasteiger charge is -2.31. The Morgan fingerprint density at radius 3 is 2.56 bits per heavy atom. The number of nitrogens with zero attached hydrogens (tertiary/aromatic N) is 4. The maximum atomic E-state index is 6.57. The third-order valence-electron chi connectivity index (χ3n) is 6.67. The van der Waals surface area contributed by atoms with Crippen LogP contribution >= 0.6 is 0 Å². The number of hydrogen-bond acceptors (Lipinski definition) is 7. The lowest BCUT2D eigenvalue weighted by atomic mass is 9.83. The van der Waals surface area contributed by atoms with Gasteiger partial charge in [-0.3, -0.25) is 4.98 Å². The van der Waals surface area contributed by atoms with Crippen molar-refractivity contribution in [3.05, 3.63) is 48.4 Å². The highest BCUT2D eigenvalue weighted by molar-refractivity contribution is 5.85. The Morgan fingerprint density at radius 1 is 0.971 bits per heavy atom. The van der Waals surface area contributed by atoms with Gasteiger partial charge in [0, 0.05) is 49.5 Å². The van der Waals surface area contributed by atoms with Crippen LogP contribution in [0.25, 0.3) is 11.0 Å². The van der Waals surface area contributed by atoms with Crippen LogP contribution in [-0.2, 0) is 11.2 Å². The summed E-state index contributed by atoms with van der Waals surface area (Å²) >= 11 is 0. The number of anilines is 1. The first-order chi connectivity index (χ1) is 16.6. The van der Waals surface area contributed by atoms with Crippen LogP contribution in [0.3, 0.4) is 0 Å². The monoisotopic (exact) mass is 462 g/mol. The van der Waals surface area contributed by atoms with Gasteiger partial charge in [-0.05, 0) is 69.6 Å². The second-order valence-corrected chi connectivity index (χ2v) is 9.60. The van der Waals surface area contributed by atoms with Crippen molar-refractivity contribution in [1.82, 2.24) is 15.0 Å². The smallest absolute Gasteiger partial charge is 0.213 e. The standard InChI is InChI=1S/C27H34N4O3/c1-19(2)33-26-16-21(7-8-29-26)15-20-3-5-23(6-4-20)34-25-18-22(31-11-13-32-14-12-31)17-24-27(25)30-10-9-28-24/h7-10,16-20,23H,3-6,11-15H2,1-2H3. The molecule has 2 fully saturated rings. The molecular formula is C27H34N4O3. The molecule has 5 rings (SSSR count). The molecule has 0 unspecified atom stereocenters. The summed E-state index contributed by atoms with van der Waals surface area (Å²) in [7, 11) is 0. The molecule has 7 heteroatoms. The van der Waals surface area contributed by atoms with Crippen LogP contribution in [0.1, 0.15) is 45.1 Å². The largest absolute Gasteiger partial charge is 0.488 e. The molecular weight excluding hydrogens is 428 g/mol. The van der Waals surface area contributed by atoms with Gasteiger partial charge in [-0.15, -0.1) is 0 Å². The van der Waals surface area contributed by atoms with E-state index in [1.54, 1.807) is 12.4 Å². The molecule has 2 aromatic heterocycles. The van der Waals surface area contributed by atoms with Crippen molar-refractivity contribution in [3.8, 4) is 11.6 Å². The molecule has 0 atom stereocenters. The second kappa shape index (κ2) is 10.6. The van der Waals surface area contributed by atoms with E-state index in [0.29, 0.717) is 5.92 Å². The van der Waals surface area contributed by atoms with E-state index < -0.39 is 0 Å². The van der Waals surface area contributed by atoms with E-state index in [1.807, 2.05) is 20.0 Å². The number of aromatic nitrogens is 3. The van der Waals surface area contributed by atoms with Crippen molar-refractivity contribution < 1.29 is 14.2 Å². The zero-order valence-corrected chi connectivity index (χ0v) is 20.2. The Kier molecular flexibility index (Phi) is 7.09. The first kappa shape index (κ1) is 22.8. The number of fused-ring (bicyclic) bond motifs is 1. The summed E-state index contributed by atoms with van der Waals surface area (Å²) in [5.74, 6) is 2.23. The van der Waals surface area contributed by atoms with Crippen LogP contribution in [0, 0.1) is 5.92 Å². The quantitative estimate of drug-likeness (QED) is 0.498. The molecule has 0 bridgehead atoms. The maximum Gasteiger partial charge on any atom is 0.213 e. The number of benzene rings is 1. The molecule has 1 aliphatic heterocycles. The van der Waals surface area contributed by atoms with E-state index >= 15 is 0 Å². The first-order valence-corrected chi connectivity index (χ1v) is 12.5. The third kappa shape index (κ3) is 5.58. The summed E-state index contributed by atoms with van der Waals surface area (Å²) in [6.45, 7) is 7.33. The summed E-state index contributed by atoms with van der Waals surface area (Å²) in [5.41, 5.74) is 4.16. The lowest BCUT2D eigenvalue weighted by molar-refractivity contribution is 0.122. The predicted molar refractivity (Wildman–Crippen MR) is 133 cm³/mol. The van der Waals surface area contributed by atoms with Gasteiger partial charge in [0.05, 0.1) is 30.9 Å². The topological polar surface area (TPSA) is 69.6 Å². The zero-order chi connectivity index (χ0) is 23.3. The highest BCUT2D eigenvalue weighted by atomic mass is 16.5. The average Bonchev–Trinajstić information content (AvgIpc) is 2.85. The van der Waals surface area contributed by atoms with Gasteiger partial charge >= 0.3 is 0 Å². The Balaban J connectivity index is 1.23. The lowest BCUT2D eigenvalue weighted by Crippen LogP contribution is -2.36. The molecule has 3 aromatic rings. The minimum atomic E-state index is 0.137. The van der Waals surface area contributed by atoms with E-state index in [0.717, 1.165) is 86.8 Å². The van der Waals surface area contributed by atoms with E-state index in [4.69, 9.17) is 14.2 Å². The molecule has 0 spiro atoms. The van der Waals surface area contributed by atoms with E-state index in [-0.39, 0.29) is 12.2 Å². The summed E-state index contributed by atoms with van der Waals surface area (Å²) in [5, 5.41) is 0. The van der Waals surface area contributed by atoms with Gasteiger partial charge in [-0.25, -0.2) is 9.97 Å². The average molecular weight is 463 g/mol. The highest BCUT2D eigenvalue weighted by Gasteiger charge is 2.24. The van der Waals surface area contributed by atoms with Crippen LogP contribution in [-0.4, -0.2) is 53.5 Å². The molecule has 2 aliphatic rings. The third-order valence-corrected chi connectivity index (χ3v) is 6.67. The van der Waals surface area contributed by atoms with Gasteiger partial charge in [0.1, 0.15) is 11.3 Å². The molecule has 0 radical (unpaired) electrons. The summed E-state index contributed by atoms with van der Waals surface area (Å²) in [4.78, 5) is 15.8. The van der Waals surface area contributed by atoms with Crippen molar-refractivity contribution in [1.29, 1.82) is 0 Å². The summed E-state index contributed by atoms with van der Waals surface area (Å²) < 4.78 is 17.9. The Hall–Kier alpha value is -2.93. The van der Waals surface area contributed by atoms with Gasteiger partial charge in [-0.1, -0.05) is 0 Å². The molecule has 0 N–H and O–H groups in total. The van der Waals surface area contributed by atoms with Gasteiger partial charge in [0.25, 0.3) is 0 Å². The van der Waals surface area contributed by atoms with Crippen molar-refractivity contribution in [2.75, 3.05) is 31.2 Å². The molecule has 34 heavy (non-hydrogen) atoms. The van der Waals surface area contributed by atoms with E-state index in [1.165, 1.54) is 5.56 Å². The SMILES string of the molecule is CC(C)Oc1cc(CC2CCC(Oc3cc(N4CCOCC4)cc4nccnc34)CC2)ccn1. The Morgan fingerprint density at radius 2 is 1.76 bits per heavy atom. The molecule has 7 nitrogen and oxygen atoms in total. The summed E-state index contributed by atoms with van der Waals surface area (Å²) in [6, 6.07) is 8.45. The minimum Gasteiger partial charge on any atom is -0.488 e. The van der Waals surface area contributed by atoms with Crippen LogP contribution in [0.15, 0.2) is 42.9 Å². The van der Waals surface area contributed by atoms with Crippen molar-refractivity contribution in [2.24, 2.45) is 5.92 Å². The van der Waals surface area contributed by atoms with Crippen molar-refractivity contribution in [2.45, 2.75) is 58.2 Å². The molecule has 3 heterocycles. The van der Waals surface area contributed by atoms with E-state index in [9.17, 15) is 0 Å². The zero-order valence-electron chi connectivity index (χ0n) is 20.2. The van der Waals surface area contributed by atoms with Crippen LogP contribution < -0.4 is 14.4 Å². The van der Waals surface area contributed by atoms with Gasteiger partial charge in [0.2, 0.25) is 5.88 Å². The Bertz CT molecular complexity index is 1090. The normalized spacial score (nSPS) is 21.1. The van der Waals surface area contributed by atoms with Gasteiger partial charge in [0.15, 0.2) is 0 Å². The number of ether oxygens (including phenoxy) is 3. The fraction of sp³-hybridized carbons (Fsp3) is 0.519. The number of hydrogen-bond donors (Lipinski definition) is 0. The van der Waals surface area contributed by atoms with Crippen LogP contribution in [0.5, 0.6) is 11.6 Å². The van der Waals surface area contributed by atoms with Gasteiger partial charge < -0.3 is 19.1 Å². The fourth-order valence-electron chi connectivity index (χ4n) is 4.97. The van der Waals surface area contributed by atoms with Crippen LogP contribution in [0.4, 0.5) is 5.69 Å². The summed E-state index contributed by atoms with van der Waals surface area (Å²) in [6.07, 6.45) is 11.2. The van der Waals surface area contributed by atoms with Gasteiger partial charge in [-0.2, -0.15) is 0 Å². The van der Waals surface area contributed by atoms with Crippen molar-refractivity contribution >= 4 is 16.7 Å². The highest BCUT2D eigenvalue weighted by Crippen LogP contribution is 2.35. The first-order valence-electron chi connectivity index (χ1n) is 12.5. The minimum absolute atomic E-state index is 0.137. The maximum absolute atomic E-state index is 6.57. The molecule has 1 aliphatic carbocycles. The Labute approximate surface area is 201 Å². The van der Waals surface area contributed by atoms with E-state index in [2.05, 4.69) is 44.1 Å². The molecule has 1 saturated carbocycles. The molecule has 1 aromatic carbocycles. The fourth-order valence-corrected chi connectivity index (χ4v) is 4.97.